The fraction of sp³-hybridized carbons (Fsp3) is 0.0476. The largest absolute Gasteiger partial charge is 0.508 e. The zero-order chi connectivity index (χ0) is 18.4. The molecule has 0 saturated heterocycles. The summed E-state index contributed by atoms with van der Waals surface area (Å²) in [6.07, 6.45) is 0.292. The van der Waals surface area contributed by atoms with Gasteiger partial charge in [0, 0.05) is 23.0 Å². The lowest BCUT2D eigenvalue weighted by atomic mass is 10.1. The van der Waals surface area contributed by atoms with Gasteiger partial charge in [0.05, 0.1) is 6.42 Å². The van der Waals surface area contributed by atoms with Crippen molar-refractivity contribution in [3.63, 3.8) is 0 Å². The lowest BCUT2D eigenvalue weighted by Gasteiger charge is -2.08. The zero-order valence-electron chi connectivity index (χ0n) is 14.0. The molecule has 3 aromatic carbocycles. The van der Waals surface area contributed by atoms with E-state index in [1.807, 2.05) is 30.3 Å². The summed E-state index contributed by atoms with van der Waals surface area (Å²) >= 11 is 0. The van der Waals surface area contributed by atoms with E-state index in [1.54, 1.807) is 36.4 Å². The Labute approximate surface area is 151 Å². The molecule has 0 fully saturated rings. The van der Waals surface area contributed by atoms with Crippen molar-refractivity contribution in [2.75, 3.05) is 10.6 Å². The maximum absolute atomic E-state index is 12.2. The van der Waals surface area contributed by atoms with Crippen molar-refractivity contribution in [1.82, 2.24) is 0 Å². The Morgan fingerprint density at radius 3 is 2.19 bits per heavy atom. The van der Waals surface area contributed by atoms with Crippen LogP contribution in [0, 0.1) is 0 Å². The number of anilines is 2. The maximum atomic E-state index is 12.2. The highest BCUT2D eigenvalue weighted by molar-refractivity contribution is 6.04. The number of phenols is 1. The minimum Gasteiger partial charge on any atom is -0.508 e. The number of hydrogen-bond acceptors (Lipinski definition) is 3. The number of carbonyl (C=O) groups is 2. The summed E-state index contributed by atoms with van der Waals surface area (Å²) in [6.45, 7) is 0. The van der Waals surface area contributed by atoms with E-state index in [9.17, 15) is 14.7 Å². The standard InChI is InChI=1S/C21H18N2O3/c24-19-8-4-7-18(14-19)23-21(26)16-9-11-17(12-10-16)22-20(25)13-15-5-2-1-3-6-15/h1-12,14,24H,13H2,(H,22,25)(H,23,26). The lowest BCUT2D eigenvalue weighted by molar-refractivity contribution is -0.115. The second-order valence-corrected chi connectivity index (χ2v) is 5.79. The van der Waals surface area contributed by atoms with Gasteiger partial charge >= 0.3 is 0 Å². The first-order valence-electron chi connectivity index (χ1n) is 8.14. The number of nitrogens with one attached hydrogen (secondary N) is 2. The van der Waals surface area contributed by atoms with Crippen LogP contribution < -0.4 is 10.6 Å². The number of phenolic OH excluding ortho intramolecular Hbond substituents is 1. The Bertz CT molecular complexity index is 906. The normalized spacial score (nSPS) is 10.2. The van der Waals surface area contributed by atoms with Crippen molar-refractivity contribution in [3.05, 3.63) is 90.0 Å². The third-order valence-corrected chi connectivity index (χ3v) is 3.74. The van der Waals surface area contributed by atoms with Crippen LogP contribution >= 0.6 is 0 Å². The molecule has 0 saturated carbocycles. The van der Waals surface area contributed by atoms with E-state index in [1.165, 1.54) is 12.1 Å². The summed E-state index contributed by atoms with van der Waals surface area (Å²) in [7, 11) is 0. The number of amides is 2. The third-order valence-electron chi connectivity index (χ3n) is 3.74. The van der Waals surface area contributed by atoms with Crippen LogP contribution in [-0.4, -0.2) is 16.9 Å². The van der Waals surface area contributed by atoms with Crippen LogP contribution in [0.1, 0.15) is 15.9 Å². The number of aromatic hydroxyl groups is 1. The van der Waals surface area contributed by atoms with E-state index in [0.29, 0.717) is 23.4 Å². The molecule has 0 bridgehead atoms. The van der Waals surface area contributed by atoms with Gasteiger partial charge in [-0.1, -0.05) is 36.4 Å². The third kappa shape index (κ3) is 4.70. The molecular weight excluding hydrogens is 328 g/mol. The van der Waals surface area contributed by atoms with E-state index in [2.05, 4.69) is 10.6 Å². The van der Waals surface area contributed by atoms with E-state index < -0.39 is 0 Å². The van der Waals surface area contributed by atoms with Crippen LogP contribution in [0.2, 0.25) is 0 Å². The summed E-state index contributed by atoms with van der Waals surface area (Å²) in [5.74, 6) is -0.329. The number of rotatable bonds is 5. The van der Waals surface area contributed by atoms with Gasteiger partial charge in [-0.15, -0.1) is 0 Å². The summed E-state index contributed by atoms with van der Waals surface area (Å²) in [5.41, 5.74) is 2.52. The van der Waals surface area contributed by atoms with Crippen molar-refractivity contribution < 1.29 is 14.7 Å². The molecule has 0 aromatic heterocycles. The fourth-order valence-corrected chi connectivity index (χ4v) is 2.48. The van der Waals surface area contributed by atoms with Crippen LogP contribution in [0.25, 0.3) is 0 Å². The minimum atomic E-state index is -0.294. The fourth-order valence-electron chi connectivity index (χ4n) is 2.48. The van der Waals surface area contributed by atoms with E-state index in [-0.39, 0.29) is 17.6 Å². The van der Waals surface area contributed by atoms with Crippen LogP contribution in [0.15, 0.2) is 78.9 Å². The Hall–Kier alpha value is -3.60. The number of carbonyl (C=O) groups excluding carboxylic acids is 2. The highest BCUT2D eigenvalue weighted by Gasteiger charge is 2.08. The molecule has 3 N–H and O–H groups in total. The molecule has 0 aliphatic carbocycles. The van der Waals surface area contributed by atoms with Gasteiger partial charge in [-0.2, -0.15) is 0 Å². The van der Waals surface area contributed by atoms with E-state index in [0.717, 1.165) is 5.56 Å². The van der Waals surface area contributed by atoms with Gasteiger partial charge in [0.2, 0.25) is 5.91 Å². The van der Waals surface area contributed by atoms with Gasteiger partial charge in [0.1, 0.15) is 5.75 Å². The Morgan fingerprint density at radius 1 is 0.769 bits per heavy atom. The first-order valence-corrected chi connectivity index (χ1v) is 8.14. The van der Waals surface area contributed by atoms with Crippen molar-refractivity contribution >= 4 is 23.2 Å². The van der Waals surface area contributed by atoms with Crippen molar-refractivity contribution in [1.29, 1.82) is 0 Å². The van der Waals surface area contributed by atoms with Gasteiger partial charge in [-0.3, -0.25) is 9.59 Å². The molecule has 0 unspecified atom stereocenters. The molecule has 3 rings (SSSR count). The number of benzene rings is 3. The van der Waals surface area contributed by atoms with Crippen molar-refractivity contribution in [2.24, 2.45) is 0 Å². The molecule has 5 nitrogen and oxygen atoms in total. The van der Waals surface area contributed by atoms with Gasteiger partial charge in [0.15, 0.2) is 0 Å². The molecule has 0 atom stereocenters. The second kappa shape index (κ2) is 7.98. The molecule has 5 heteroatoms. The predicted molar refractivity (Wildman–Crippen MR) is 101 cm³/mol. The average Bonchev–Trinajstić information content (AvgIpc) is 2.63. The SMILES string of the molecule is O=C(Cc1ccccc1)Nc1ccc(C(=O)Nc2cccc(O)c2)cc1. The maximum Gasteiger partial charge on any atom is 0.255 e. The molecule has 0 radical (unpaired) electrons. The second-order valence-electron chi connectivity index (χ2n) is 5.79. The molecule has 0 aliphatic rings. The molecule has 26 heavy (non-hydrogen) atoms. The summed E-state index contributed by atoms with van der Waals surface area (Å²) in [5, 5.41) is 14.9. The predicted octanol–water partition coefficient (Wildman–Crippen LogP) is 3.83. The highest BCUT2D eigenvalue weighted by Crippen LogP contribution is 2.17. The van der Waals surface area contributed by atoms with E-state index >= 15 is 0 Å². The smallest absolute Gasteiger partial charge is 0.255 e. The van der Waals surface area contributed by atoms with Crippen LogP contribution in [0.4, 0.5) is 11.4 Å². The minimum absolute atomic E-state index is 0.0827. The first kappa shape index (κ1) is 17.2. The van der Waals surface area contributed by atoms with Gasteiger partial charge < -0.3 is 15.7 Å². The van der Waals surface area contributed by atoms with E-state index in [4.69, 9.17) is 0 Å². The molecule has 2 amide bonds. The molecular formula is C21H18N2O3. The van der Waals surface area contributed by atoms with Crippen LogP contribution in [-0.2, 0) is 11.2 Å². The Balaban J connectivity index is 1.59. The van der Waals surface area contributed by atoms with Gasteiger partial charge in [-0.25, -0.2) is 0 Å². The summed E-state index contributed by atoms with van der Waals surface area (Å²) in [4.78, 5) is 24.3. The Kier molecular flexibility index (Phi) is 5.29. The summed E-state index contributed by atoms with van der Waals surface area (Å²) in [6, 6.07) is 22.5. The number of hydrogen-bond donors (Lipinski definition) is 3. The van der Waals surface area contributed by atoms with Crippen LogP contribution in [0.5, 0.6) is 5.75 Å². The summed E-state index contributed by atoms with van der Waals surface area (Å²) < 4.78 is 0. The lowest BCUT2D eigenvalue weighted by Crippen LogP contribution is -2.15. The van der Waals surface area contributed by atoms with Gasteiger partial charge in [0.25, 0.3) is 5.91 Å². The molecule has 3 aromatic rings. The topological polar surface area (TPSA) is 78.4 Å². The Morgan fingerprint density at radius 2 is 1.50 bits per heavy atom. The van der Waals surface area contributed by atoms with Gasteiger partial charge in [-0.05, 0) is 42.0 Å². The quantitative estimate of drug-likeness (QED) is 0.657. The highest BCUT2D eigenvalue weighted by atomic mass is 16.3. The molecule has 0 spiro atoms. The first-order chi connectivity index (χ1) is 12.6. The average molecular weight is 346 g/mol. The van der Waals surface area contributed by atoms with Crippen molar-refractivity contribution in [3.8, 4) is 5.75 Å². The zero-order valence-corrected chi connectivity index (χ0v) is 14.0. The van der Waals surface area contributed by atoms with Crippen LogP contribution in [0.3, 0.4) is 0 Å². The monoisotopic (exact) mass is 346 g/mol. The van der Waals surface area contributed by atoms with Crippen molar-refractivity contribution in [2.45, 2.75) is 6.42 Å². The molecule has 0 aliphatic heterocycles. The molecule has 0 heterocycles. The molecule has 130 valence electrons.